The van der Waals surface area contributed by atoms with Gasteiger partial charge in [0, 0.05) is 17.8 Å². The number of para-hydroxylation sites is 1. The van der Waals surface area contributed by atoms with Crippen molar-refractivity contribution in [3.8, 4) is 5.75 Å². The molecule has 2 N–H and O–H groups in total. The number of rotatable bonds is 10. The average molecular weight is 445 g/mol. The highest BCUT2D eigenvalue weighted by Crippen LogP contribution is 2.29. The minimum atomic E-state index is -0.607. The number of anilines is 1. The summed E-state index contributed by atoms with van der Waals surface area (Å²) in [6, 6.07) is 24.5. The van der Waals surface area contributed by atoms with Gasteiger partial charge >= 0.3 is 0 Å². The molecule has 0 saturated heterocycles. The second-order valence-electron chi connectivity index (χ2n) is 8.10. The highest BCUT2D eigenvalue weighted by atomic mass is 16.5. The van der Waals surface area contributed by atoms with Gasteiger partial charge in [0.1, 0.15) is 5.75 Å². The summed E-state index contributed by atoms with van der Waals surface area (Å²) in [6.45, 7) is 6.68. The molecule has 0 aliphatic carbocycles. The number of hydrogen-bond acceptors (Lipinski definition) is 3. The van der Waals surface area contributed by atoms with Crippen molar-refractivity contribution in [1.29, 1.82) is 0 Å². The molecule has 0 saturated carbocycles. The number of amides is 2. The van der Waals surface area contributed by atoms with Crippen molar-refractivity contribution < 1.29 is 14.3 Å². The molecule has 2 atom stereocenters. The quantitative estimate of drug-likeness (QED) is 0.407. The Hall–Kier alpha value is -3.60. The second kappa shape index (κ2) is 11.9. The molecular formula is C28H32N2O3. The van der Waals surface area contributed by atoms with Crippen LogP contribution in [0.15, 0.2) is 78.9 Å². The van der Waals surface area contributed by atoms with Crippen LogP contribution in [0.4, 0.5) is 5.69 Å². The zero-order valence-electron chi connectivity index (χ0n) is 19.5. The fourth-order valence-electron chi connectivity index (χ4n) is 3.50. The molecule has 0 spiro atoms. The molecular weight excluding hydrogens is 412 g/mol. The van der Waals surface area contributed by atoms with Crippen molar-refractivity contribution >= 4 is 17.5 Å². The first-order valence-electron chi connectivity index (χ1n) is 11.5. The zero-order chi connectivity index (χ0) is 23.6. The van der Waals surface area contributed by atoms with Crippen LogP contribution in [0.5, 0.6) is 5.75 Å². The third-order valence-electron chi connectivity index (χ3n) is 5.71. The third kappa shape index (κ3) is 6.69. The second-order valence-corrected chi connectivity index (χ2v) is 8.10. The maximum atomic E-state index is 12.9. The Morgan fingerprint density at radius 3 is 2.18 bits per heavy atom. The zero-order valence-corrected chi connectivity index (χ0v) is 19.5. The maximum absolute atomic E-state index is 12.9. The number of carbonyl (C=O) groups is 2. The number of benzene rings is 3. The molecule has 0 radical (unpaired) electrons. The molecule has 33 heavy (non-hydrogen) atoms. The van der Waals surface area contributed by atoms with E-state index >= 15 is 0 Å². The lowest BCUT2D eigenvalue weighted by atomic mass is 9.98. The molecule has 5 nitrogen and oxygen atoms in total. The topological polar surface area (TPSA) is 67.4 Å². The van der Waals surface area contributed by atoms with E-state index in [-0.39, 0.29) is 11.8 Å². The van der Waals surface area contributed by atoms with Gasteiger partial charge in [-0.25, -0.2) is 0 Å². The van der Waals surface area contributed by atoms with Gasteiger partial charge in [-0.1, -0.05) is 69.3 Å². The van der Waals surface area contributed by atoms with Crippen molar-refractivity contribution in [2.45, 2.75) is 52.2 Å². The SMILES string of the molecule is CCC(Oc1ccccc1C(C)CC)C(=O)Nc1ccc(C(=O)NCc2ccccc2)cc1. The minimum Gasteiger partial charge on any atom is -0.480 e. The van der Waals surface area contributed by atoms with Crippen molar-refractivity contribution in [1.82, 2.24) is 5.32 Å². The first-order chi connectivity index (χ1) is 16.0. The van der Waals surface area contributed by atoms with Crippen molar-refractivity contribution in [2.24, 2.45) is 0 Å². The predicted octanol–water partition coefficient (Wildman–Crippen LogP) is 5.93. The number of ether oxygens (including phenoxy) is 1. The summed E-state index contributed by atoms with van der Waals surface area (Å²) in [6.07, 6.45) is 0.930. The maximum Gasteiger partial charge on any atom is 0.265 e. The summed E-state index contributed by atoms with van der Waals surface area (Å²) in [7, 11) is 0. The highest BCUT2D eigenvalue weighted by molar-refractivity contribution is 5.97. The van der Waals surface area contributed by atoms with Gasteiger partial charge in [0.2, 0.25) is 0 Å². The monoisotopic (exact) mass is 444 g/mol. The van der Waals surface area contributed by atoms with E-state index in [1.807, 2.05) is 55.5 Å². The molecule has 5 heteroatoms. The molecule has 0 aromatic heterocycles. The van der Waals surface area contributed by atoms with E-state index < -0.39 is 6.10 Å². The van der Waals surface area contributed by atoms with Crippen LogP contribution in [-0.2, 0) is 11.3 Å². The van der Waals surface area contributed by atoms with E-state index in [1.54, 1.807) is 24.3 Å². The summed E-state index contributed by atoms with van der Waals surface area (Å²) in [5, 5.41) is 5.81. The van der Waals surface area contributed by atoms with Gasteiger partial charge in [-0.3, -0.25) is 9.59 Å². The highest BCUT2D eigenvalue weighted by Gasteiger charge is 2.21. The predicted molar refractivity (Wildman–Crippen MR) is 133 cm³/mol. The van der Waals surface area contributed by atoms with Crippen LogP contribution in [0.25, 0.3) is 0 Å². The molecule has 0 aliphatic rings. The van der Waals surface area contributed by atoms with E-state index in [9.17, 15) is 9.59 Å². The molecule has 2 amide bonds. The normalized spacial score (nSPS) is 12.5. The number of carbonyl (C=O) groups excluding carboxylic acids is 2. The summed E-state index contributed by atoms with van der Waals surface area (Å²) in [5.74, 6) is 0.729. The van der Waals surface area contributed by atoms with E-state index in [2.05, 4.69) is 30.5 Å². The van der Waals surface area contributed by atoms with Crippen LogP contribution in [0.1, 0.15) is 61.0 Å². The fraction of sp³-hybridized carbons (Fsp3) is 0.286. The van der Waals surface area contributed by atoms with Crippen molar-refractivity contribution in [2.75, 3.05) is 5.32 Å². The van der Waals surface area contributed by atoms with Crippen LogP contribution >= 0.6 is 0 Å². The largest absolute Gasteiger partial charge is 0.480 e. The van der Waals surface area contributed by atoms with Crippen LogP contribution < -0.4 is 15.4 Å². The van der Waals surface area contributed by atoms with Crippen LogP contribution in [0.3, 0.4) is 0 Å². The average Bonchev–Trinajstić information content (AvgIpc) is 2.86. The summed E-state index contributed by atoms with van der Waals surface area (Å²) in [5.41, 5.74) is 3.30. The summed E-state index contributed by atoms with van der Waals surface area (Å²) in [4.78, 5) is 25.3. The van der Waals surface area contributed by atoms with Crippen LogP contribution in [0.2, 0.25) is 0 Å². The third-order valence-corrected chi connectivity index (χ3v) is 5.71. The number of hydrogen-bond donors (Lipinski definition) is 2. The fourth-order valence-corrected chi connectivity index (χ4v) is 3.50. The van der Waals surface area contributed by atoms with Gasteiger partial charge in [-0.05, 0) is 60.2 Å². The smallest absolute Gasteiger partial charge is 0.265 e. The minimum absolute atomic E-state index is 0.159. The standard InChI is InChI=1S/C28H32N2O3/c1-4-20(3)24-13-9-10-14-26(24)33-25(5-2)28(32)30-23-17-15-22(16-18-23)27(31)29-19-21-11-7-6-8-12-21/h6-18,20,25H,4-5,19H2,1-3H3,(H,29,31)(H,30,32). The van der Waals surface area contributed by atoms with Gasteiger partial charge in [0.25, 0.3) is 11.8 Å². The van der Waals surface area contributed by atoms with Crippen LogP contribution in [-0.4, -0.2) is 17.9 Å². The van der Waals surface area contributed by atoms with Crippen molar-refractivity contribution in [3.63, 3.8) is 0 Å². The molecule has 0 fully saturated rings. The Bertz CT molecular complexity index is 1050. The lowest BCUT2D eigenvalue weighted by Gasteiger charge is -2.21. The van der Waals surface area contributed by atoms with Gasteiger partial charge in [0.05, 0.1) is 0 Å². The molecule has 0 heterocycles. The summed E-state index contributed by atoms with van der Waals surface area (Å²) < 4.78 is 6.11. The molecule has 0 aliphatic heterocycles. The molecule has 172 valence electrons. The first-order valence-corrected chi connectivity index (χ1v) is 11.5. The lowest BCUT2D eigenvalue weighted by Crippen LogP contribution is -2.32. The van der Waals surface area contributed by atoms with Crippen LogP contribution in [0, 0.1) is 0 Å². The first kappa shape index (κ1) is 24.1. The van der Waals surface area contributed by atoms with Gasteiger partial charge < -0.3 is 15.4 Å². The van der Waals surface area contributed by atoms with Gasteiger partial charge in [-0.2, -0.15) is 0 Å². The van der Waals surface area contributed by atoms with Gasteiger partial charge in [-0.15, -0.1) is 0 Å². The van der Waals surface area contributed by atoms with E-state index in [0.29, 0.717) is 30.1 Å². The Kier molecular flexibility index (Phi) is 8.64. The molecule has 3 aromatic rings. The lowest BCUT2D eigenvalue weighted by molar-refractivity contribution is -0.122. The molecule has 3 aromatic carbocycles. The molecule has 0 bridgehead atoms. The van der Waals surface area contributed by atoms with Crippen molar-refractivity contribution in [3.05, 3.63) is 95.6 Å². The van der Waals surface area contributed by atoms with E-state index in [4.69, 9.17) is 4.74 Å². The molecule has 2 unspecified atom stereocenters. The Morgan fingerprint density at radius 2 is 1.52 bits per heavy atom. The van der Waals surface area contributed by atoms with E-state index in [1.165, 1.54) is 0 Å². The van der Waals surface area contributed by atoms with Gasteiger partial charge in [0.15, 0.2) is 6.10 Å². The number of nitrogens with one attached hydrogen (secondary N) is 2. The summed E-state index contributed by atoms with van der Waals surface area (Å²) >= 11 is 0. The van der Waals surface area contributed by atoms with E-state index in [0.717, 1.165) is 23.3 Å². The Balaban J connectivity index is 1.59. The Morgan fingerprint density at radius 1 is 0.848 bits per heavy atom. The Labute approximate surface area is 196 Å². The molecule has 3 rings (SSSR count).